The SMILES string of the molecule is Cc1ccccc1SCC(N)Cc1cc(F)cc(F)c1. The molecule has 1 atom stereocenters. The van der Waals surface area contributed by atoms with Gasteiger partial charge in [-0.05, 0) is 42.7 Å². The first-order valence-electron chi connectivity index (χ1n) is 6.43. The van der Waals surface area contributed by atoms with Crippen molar-refractivity contribution in [3.63, 3.8) is 0 Å². The van der Waals surface area contributed by atoms with Crippen molar-refractivity contribution in [3.05, 3.63) is 65.2 Å². The van der Waals surface area contributed by atoms with Crippen molar-refractivity contribution in [2.45, 2.75) is 24.3 Å². The van der Waals surface area contributed by atoms with Crippen molar-refractivity contribution >= 4 is 11.8 Å². The highest BCUT2D eigenvalue weighted by Crippen LogP contribution is 2.23. The van der Waals surface area contributed by atoms with Gasteiger partial charge >= 0.3 is 0 Å². The van der Waals surface area contributed by atoms with E-state index in [1.54, 1.807) is 11.8 Å². The summed E-state index contributed by atoms with van der Waals surface area (Å²) in [5, 5.41) is 0. The van der Waals surface area contributed by atoms with Crippen LogP contribution >= 0.6 is 11.8 Å². The van der Waals surface area contributed by atoms with Crippen molar-refractivity contribution < 1.29 is 8.78 Å². The second kappa shape index (κ2) is 6.86. The molecule has 0 fully saturated rings. The lowest BCUT2D eigenvalue weighted by molar-refractivity contribution is 0.577. The third-order valence-corrected chi connectivity index (χ3v) is 4.33. The van der Waals surface area contributed by atoms with E-state index in [1.807, 2.05) is 12.1 Å². The molecule has 2 aromatic rings. The molecule has 2 aromatic carbocycles. The Balaban J connectivity index is 1.92. The molecule has 0 spiro atoms. The van der Waals surface area contributed by atoms with Gasteiger partial charge in [-0.3, -0.25) is 0 Å². The Kier molecular flexibility index (Phi) is 5.15. The summed E-state index contributed by atoms with van der Waals surface area (Å²) in [6.45, 7) is 2.05. The summed E-state index contributed by atoms with van der Waals surface area (Å²) < 4.78 is 26.2. The van der Waals surface area contributed by atoms with Crippen LogP contribution in [0.2, 0.25) is 0 Å². The van der Waals surface area contributed by atoms with Crippen LogP contribution in [0.1, 0.15) is 11.1 Å². The maximum absolute atomic E-state index is 13.1. The van der Waals surface area contributed by atoms with Gasteiger partial charge in [-0.1, -0.05) is 18.2 Å². The number of halogens is 2. The fraction of sp³-hybridized carbons (Fsp3) is 0.250. The summed E-state index contributed by atoms with van der Waals surface area (Å²) in [7, 11) is 0. The van der Waals surface area contributed by atoms with Crippen LogP contribution in [0.25, 0.3) is 0 Å². The number of rotatable bonds is 5. The van der Waals surface area contributed by atoms with Gasteiger partial charge in [0.1, 0.15) is 11.6 Å². The predicted octanol–water partition coefficient (Wildman–Crippen LogP) is 3.94. The van der Waals surface area contributed by atoms with Gasteiger partial charge < -0.3 is 5.73 Å². The highest BCUT2D eigenvalue weighted by atomic mass is 32.2. The third kappa shape index (κ3) is 4.32. The van der Waals surface area contributed by atoms with Crippen molar-refractivity contribution in [1.29, 1.82) is 0 Å². The van der Waals surface area contributed by atoms with Crippen LogP contribution in [0, 0.1) is 18.6 Å². The van der Waals surface area contributed by atoms with E-state index in [4.69, 9.17) is 5.73 Å². The first-order chi connectivity index (χ1) is 9.54. The van der Waals surface area contributed by atoms with Gasteiger partial charge in [0.05, 0.1) is 0 Å². The molecule has 0 aliphatic rings. The van der Waals surface area contributed by atoms with E-state index >= 15 is 0 Å². The van der Waals surface area contributed by atoms with E-state index in [0.717, 1.165) is 6.07 Å². The number of benzene rings is 2. The van der Waals surface area contributed by atoms with E-state index < -0.39 is 11.6 Å². The largest absolute Gasteiger partial charge is 0.327 e. The van der Waals surface area contributed by atoms with Crippen molar-refractivity contribution in [1.82, 2.24) is 0 Å². The predicted molar refractivity (Wildman–Crippen MR) is 79.9 cm³/mol. The van der Waals surface area contributed by atoms with Crippen LogP contribution in [0.5, 0.6) is 0 Å². The quantitative estimate of drug-likeness (QED) is 0.845. The maximum Gasteiger partial charge on any atom is 0.126 e. The number of thioether (sulfide) groups is 1. The summed E-state index contributed by atoms with van der Waals surface area (Å²) in [6.07, 6.45) is 0.466. The third-order valence-electron chi connectivity index (χ3n) is 2.97. The molecule has 20 heavy (non-hydrogen) atoms. The minimum absolute atomic E-state index is 0.138. The normalized spacial score (nSPS) is 12.4. The van der Waals surface area contributed by atoms with Crippen LogP contribution in [0.4, 0.5) is 8.78 Å². The molecule has 0 radical (unpaired) electrons. The van der Waals surface area contributed by atoms with Crippen molar-refractivity contribution in [2.75, 3.05) is 5.75 Å². The summed E-state index contributed by atoms with van der Waals surface area (Å²) in [5.41, 5.74) is 7.85. The minimum Gasteiger partial charge on any atom is -0.327 e. The second-order valence-corrected chi connectivity index (χ2v) is 5.88. The number of aryl methyl sites for hydroxylation is 1. The molecule has 0 aliphatic heterocycles. The molecule has 2 N–H and O–H groups in total. The Morgan fingerprint density at radius 3 is 2.40 bits per heavy atom. The van der Waals surface area contributed by atoms with Crippen LogP contribution in [-0.4, -0.2) is 11.8 Å². The summed E-state index contributed by atoms with van der Waals surface area (Å²) >= 11 is 1.67. The van der Waals surface area contributed by atoms with E-state index in [1.165, 1.54) is 22.6 Å². The Morgan fingerprint density at radius 2 is 1.75 bits per heavy atom. The van der Waals surface area contributed by atoms with Gasteiger partial charge in [0.2, 0.25) is 0 Å². The van der Waals surface area contributed by atoms with E-state index in [2.05, 4.69) is 19.1 Å². The van der Waals surface area contributed by atoms with Gasteiger partial charge in [0.15, 0.2) is 0 Å². The van der Waals surface area contributed by atoms with Crippen LogP contribution < -0.4 is 5.73 Å². The molecular formula is C16H17F2NS. The van der Waals surface area contributed by atoms with E-state index in [9.17, 15) is 8.78 Å². The van der Waals surface area contributed by atoms with E-state index in [-0.39, 0.29) is 6.04 Å². The fourth-order valence-electron chi connectivity index (χ4n) is 2.01. The molecule has 2 rings (SSSR count). The van der Waals surface area contributed by atoms with Gasteiger partial charge in [0, 0.05) is 22.8 Å². The minimum atomic E-state index is -0.557. The van der Waals surface area contributed by atoms with Crippen LogP contribution in [-0.2, 0) is 6.42 Å². The summed E-state index contributed by atoms with van der Waals surface area (Å²) in [4.78, 5) is 1.19. The number of nitrogens with two attached hydrogens (primary N) is 1. The van der Waals surface area contributed by atoms with Crippen LogP contribution in [0.15, 0.2) is 47.4 Å². The number of hydrogen-bond acceptors (Lipinski definition) is 2. The molecule has 1 unspecified atom stereocenters. The van der Waals surface area contributed by atoms with Crippen molar-refractivity contribution in [2.24, 2.45) is 5.73 Å². The molecule has 0 bridgehead atoms. The molecule has 106 valence electrons. The zero-order chi connectivity index (χ0) is 14.5. The lowest BCUT2D eigenvalue weighted by Crippen LogP contribution is -2.25. The summed E-state index contributed by atoms with van der Waals surface area (Å²) in [5.74, 6) is -0.402. The Hall–Kier alpha value is -1.39. The molecular weight excluding hydrogens is 276 g/mol. The Labute approximate surface area is 122 Å². The summed E-state index contributed by atoms with van der Waals surface area (Å²) in [6, 6.07) is 11.5. The molecule has 0 amide bonds. The van der Waals surface area contributed by atoms with Gasteiger partial charge in [-0.15, -0.1) is 11.8 Å². The highest BCUT2D eigenvalue weighted by molar-refractivity contribution is 7.99. The maximum atomic E-state index is 13.1. The standard InChI is InChI=1S/C16H17F2NS/c1-11-4-2-3-5-16(11)20-10-15(19)8-12-6-13(17)9-14(18)7-12/h2-7,9,15H,8,10,19H2,1H3. The average Bonchev–Trinajstić information content (AvgIpc) is 2.36. The Morgan fingerprint density at radius 1 is 1.10 bits per heavy atom. The molecule has 0 aliphatic carbocycles. The molecule has 0 heterocycles. The monoisotopic (exact) mass is 293 g/mol. The first kappa shape index (κ1) is 15.0. The second-order valence-electron chi connectivity index (χ2n) is 4.82. The lowest BCUT2D eigenvalue weighted by atomic mass is 10.1. The zero-order valence-corrected chi connectivity index (χ0v) is 12.1. The number of hydrogen-bond donors (Lipinski definition) is 1. The molecule has 4 heteroatoms. The molecule has 0 saturated carbocycles. The van der Waals surface area contributed by atoms with E-state index in [0.29, 0.717) is 17.7 Å². The average molecular weight is 293 g/mol. The highest BCUT2D eigenvalue weighted by Gasteiger charge is 2.08. The van der Waals surface area contributed by atoms with Crippen molar-refractivity contribution in [3.8, 4) is 0 Å². The topological polar surface area (TPSA) is 26.0 Å². The van der Waals surface area contributed by atoms with Gasteiger partial charge in [-0.25, -0.2) is 8.78 Å². The first-order valence-corrected chi connectivity index (χ1v) is 7.42. The zero-order valence-electron chi connectivity index (χ0n) is 11.3. The molecule has 0 aromatic heterocycles. The van der Waals surface area contributed by atoms with Gasteiger partial charge in [0.25, 0.3) is 0 Å². The molecule has 1 nitrogen and oxygen atoms in total. The fourth-order valence-corrected chi connectivity index (χ4v) is 2.99. The van der Waals surface area contributed by atoms with Gasteiger partial charge in [-0.2, -0.15) is 0 Å². The smallest absolute Gasteiger partial charge is 0.126 e. The lowest BCUT2D eigenvalue weighted by Gasteiger charge is -2.12. The Bertz CT molecular complexity index is 566. The van der Waals surface area contributed by atoms with Crippen LogP contribution in [0.3, 0.4) is 0 Å². The molecule has 0 saturated heterocycles.